The number of carboxylic acid groups (broad SMARTS) is 1. The van der Waals surface area contributed by atoms with E-state index in [1.54, 1.807) is 30.5 Å². The van der Waals surface area contributed by atoms with Crippen molar-refractivity contribution in [3.8, 4) is 11.3 Å². The van der Waals surface area contributed by atoms with Gasteiger partial charge in [-0.3, -0.25) is 4.98 Å². The van der Waals surface area contributed by atoms with Crippen molar-refractivity contribution >= 4 is 17.0 Å². The molecular weight excluding hydrogens is 316 g/mol. The van der Waals surface area contributed by atoms with Crippen molar-refractivity contribution in [2.75, 3.05) is 0 Å². The molecule has 2 aromatic carbocycles. The molecule has 122 valence electrons. The van der Waals surface area contributed by atoms with E-state index in [1.807, 2.05) is 41.1 Å². The number of para-hydroxylation sites is 1. The number of benzene rings is 2. The van der Waals surface area contributed by atoms with E-state index in [0.717, 1.165) is 16.6 Å². The van der Waals surface area contributed by atoms with Crippen LogP contribution < -0.4 is 0 Å². The topological polar surface area (TPSA) is 80.9 Å². The third-order valence-corrected chi connectivity index (χ3v) is 4.01. The van der Waals surface area contributed by atoms with Crippen molar-refractivity contribution < 1.29 is 9.90 Å². The molecule has 2 heterocycles. The molecule has 0 aliphatic heterocycles. The van der Waals surface area contributed by atoms with E-state index in [-0.39, 0.29) is 5.56 Å². The summed E-state index contributed by atoms with van der Waals surface area (Å²) in [5.41, 5.74) is 4.25. The van der Waals surface area contributed by atoms with Crippen LogP contribution in [-0.4, -0.2) is 31.1 Å². The van der Waals surface area contributed by atoms with Gasteiger partial charge in [-0.15, -0.1) is 5.10 Å². The van der Waals surface area contributed by atoms with E-state index in [9.17, 15) is 9.90 Å². The second kappa shape index (κ2) is 6.16. The quantitative estimate of drug-likeness (QED) is 0.621. The zero-order chi connectivity index (χ0) is 17.2. The summed E-state index contributed by atoms with van der Waals surface area (Å²) in [6, 6.07) is 18.4. The molecule has 6 heteroatoms. The molecule has 0 fully saturated rings. The Bertz CT molecular complexity index is 1050. The number of carboxylic acids is 1. The minimum absolute atomic E-state index is 0.241. The highest BCUT2D eigenvalue weighted by molar-refractivity contribution is 5.95. The van der Waals surface area contributed by atoms with Gasteiger partial charge in [0.2, 0.25) is 0 Å². The van der Waals surface area contributed by atoms with Gasteiger partial charge >= 0.3 is 5.97 Å². The molecule has 0 atom stereocenters. The minimum atomic E-state index is -0.962. The van der Waals surface area contributed by atoms with Crippen molar-refractivity contribution in [1.82, 2.24) is 20.0 Å². The Hall–Kier alpha value is -3.54. The van der Waals surface area contributed by atoms with E-state index >= 15 is 0 Å². The van der Waals surface area contributed by atoms with Crippen LogP contribution in [0.5, 0.6) is 0 Å². The third-order valence-electron chi connectivity index (χ3n) is 4.01. The molecule has 0 bridgehead atoms. The predicted octanol–water partition coefficient (Wildman–Crippen LogP) is 3.24. The molecule has 25 heavy (non-hydrogen) atoms. The molecule has 0 saturated carbocycles. The smallest absolute Gasteiger partial charge is 0.336 e. The highest BCUT2D eigenvalue weighted by Crippen LogP contribution is 2.22. The van der Waals surface area contributed by atoms with E-state index in [0.29, 0.717) is 17.8 Å². The number of hydrogen-bond acceptors (Lipinski definition) is 4. The molecule has 0 amide bonds. The Morgan fingerprint density at radius 1 is 1.00 bits per heavy atom. The first kappa shape index (κ1) is 15.0. The van der Waals surface area contributed by atoms with Crippen molar-refractivity contribution in [2.24, 2.45) is 0 Å². The summed E-state index contributed by atoms with van der Waals surface area (Å²) in [6.07, 6.45) is 1.74. The first-order valence-corrected chi connectivity index (χ1v) is 7.78. The summed E-state index contributed by atoms with van der Waals surface area (Å²) in [7, 11) is 0. The second-order valence-corrected chi connectivity index (χ2v) is 5.64. The summed E-state index contributed by atoms with van der Waals surface area (Å²) in [4.78, 5) is 15.8. The summed E-state index contributed by atoms with van der Waals surface area (Å²) < 4.78 is 1.82. The lowest BCUT2D eigenvalue weighted by Gasteiger charge is -2.07. The summed E-state index contributed by atoms with van der Waals surface area (Å²) in [5.74, 6) is -0.962. The molecule has 0 aliphatic rings. The van der Waals surface area contributed by atoms with Crippen molar-refractivity contribution in [1.29, 1.82) is 0 Å². The zero-order valence-corrected chi connectivity index (χ0v) is 13.2. The fourth-order valence-electron chi connectivity index (χ4n) is 2.78. The molecular formula is C19H14N4O2. The predicted molar refractivity (Wildman–Crippen MR) is 93.3 cm³/mol. The number of aromatic nitrogens is 4. The van der Waals surface area contributed by atoms with Gasteiger partial charge in [-0.1, -0.05) is 41.6 Å². The summed E-state index contributed by atoms with van der Waals surface area (Å²) in [5, 5.41) is 17.6. The van der Waals surface area contributed by atoms with Crippen LogP contribution in [0.3, 0.4) is 0 Å². The third kappa shape index (κ3) is 2.85. The molecule has 4 rings (SSSR count). The number of aromatic carboxylic acids is 1. The van der Waals surface area contributed by atoms with Gasteiger partial charge in [0.1, 0.15) is 5.52 Å². The fourth-order valence-corrected chi connectivity index (χ4v) is 2.78. The fraction of sp³-hybridized carbons (Fsp3) is 0.0526. The lowest BCUT2D eigenvalue weighted by atomic mass is 10.0. The maximum Gasteiger partial charge on any atom is 0.336 e. The molecule has 1 N–H and O–H groups in total. The Morgan fingerprint density at radius 3 is 2.60 bits per heavy atom. The standard InChI is InChI=1S/C19H14N4O2/c24-19(25)15-6-2-1-5-14(15)16-10-9-13(11-20-16)12-23-18-8-4-3-7-17(18)21-22-23/h1-11H,12H2,(H,24,25). The molecule has 0 radical (unpaired) electrons. The molecule has 6 nitrogen and oxygen atoms in total. The van der Waals surface area contributed by atoms with Crippen molar-refractivity contribution in [3.63, 3.8) is 0 Å². The number of rotatable bonds is 4. The summed E-state index contributed by atoms with van der Waals surface area (Å²) >= 11 is 0. The summed E-state index contributed by atoms with van der Waals surface area (Å²) in [6.45, 7) is 0.550. The second-order valence-electron chi connectivity index (χ2n) is 5.64. The van der Waals surface area contributed by atoms with Crippen LogP contribution in [0, 0.1) is 0 Å². The van der Waals surface area contributed by atoms with Gasteiger partial charge in [0.15, 0.2) is 0 Å². The highest BCUT2D eigenvalue weighted by Gasteiger charge is 2.12. The largest absolute Gasteiger partial charge is 0.478 e. The number of hydrogen-bond donors (Lipinski definition) is 1. The van der Waals surface area contributed by atoms with Crippen LogP contribution in [0.1, 0.15) is 15.9 Å². The Morgan fingerprint density at radius 2 is 1.80 bits per heavy atom. The normalized spacial score (nSPS) is 10.9. The van der Waals surface area contributed by atoms with E-state index in [1.165, 1.54) is 0 Å². The number of fused-ring (bicyclic) bond motifs is 1. The Kier molecular flexibility index (Phi) is 3.70. The average molecular weight is 330 g/mol. The van der Waals surface area contributed by atoms with E-state index in [2.05, 4.69) is 15.3 Å². The Labute approximate surface area is 143 Å². The maximum absolute atomic E-state index is 11.4. The lowest BCUT2D eigenvalue weighted by molar-refractivity contribution is 0.0697. The molecule has 0 aliphatic carbocycles. The SMILES string of the molecule is O=C(O)c1ccccc1-c1ccc(Cn2nnc3ccccc32)cn1. The van der Waals surface area contributed by atoms with Crippen LogP contribution in [-0.2, 0) is 6.54 Å². The average Bonchev–Trinajstić information content (AvgIpc) is 3.05. The molecule has 2 aromatic heterocycles. The van der Waals surface area contributed by atoms with Gasteiger partial charge in [-0.05, 0) is 29.8 Å². The van der Waals surface area contributed by atoms with Gasteiger partial charge in [-0.2, -0.15) is 0 Å². The van der Waals surface area contributed by atoms with Gasteiger partial charge in [0.05, 0.1) is 23.3 Å². The van der Waals surface area contributed by atoms with Gasteiger partial charge in [0.25, 0.3) is 0 Å². The van der Waals surface area contributed by atoms with E-state index in [4.69, 9.17) is 0 Å². The number of carbonyl (C=O) groups is 1. The van der Waals surface area contributed by atoms with E-state index < -0.39 is 5.97 Å². The Balaban J connectivity index is 1.64. The van der Waals surface area contributed by atoms with Crippen LogP contribution in [0.2, 0.25) is 0 Å². The first-order valence-electron chi connectivity index (χ1n) is 7.78. The number of nitrogens with zero attached hydrogens (tertiary/aromatic N) is 4. The molecule has 4 aromatic rings. The highest BCUT2D eigenvalue weighted by atomic mass is 16.4. The molecule has 0 spiro atoms. The van der Waals surface area contributed by atoms with Crippen LogP contribution in [0.15, 0.2) is 66.9 Å². The van der Waals surface area contributed by atoms with Crippen LogP contribution >= 0.6 is 0 Å². The molecule has 0 saturated heterocycles. The first-order chi connectivity index (χ1) is 12.2. The minimum Gasteiger partial charge on any atom is -0.478 e. The zero-order valence-electron chi connectivity index (χ0n) is 13.2. The lowest BCUT2D eigenvalue weighted by Crippen LogP contribution is -2.03. The van der Waals surface area contributed by atoms with Crippen molar-refractivity contribution in [2.45, 2.75) is 6.54 Å². The maximum atomic E-state index is 11.4. The monoisotopic (exact) mass is 330 g/mol. The van der Waals surface area contributed by atoms with Gasteiger partial charge in [0, 0.05) is 11.8 Å². The van der Waals surface area contributed by atoms with Gasteiger partial charge < -0.3 is 5.11 Å². The molecule has 0 unspecified atom stereocenters. The van der Waals surface area contributed by atoms with Gasteiger partial charge in [-0.25, -0.2) is 9.48 Å². The van der Waals surface area contributed by atoms with Crippen molar-refractivity contribution in [3.05, 3.63) is 78.0 Å². The van der Waals surface area contributed by atoms with Crippen LogP contribution in [0.4, 0.5) is 0 Å². The van der Waals surface area contributed by atoms with Crippen LogP contribution in [0.25, 0.3) is 22.3 Å². The number of pyridine rings is 1.